The molecule has 10 heteroatoms. The van der Waals surface area contributed by atoms with Gasteiger partial charge in [0, 0.05) is 11.1 Å². The van der Waals surface area contributed by atoms with Crippen LogP contribution in [0.25, 0.3) is 5.69 Å². The monoisotopic (exact) mass is 403 g/mol. The molecule has 0 spiro atoms. The van der Waals surface area contributed by atoms with Crippen LogP contribution < -0.4 is 5.32 Å². The number of amides is 1. The standard InChI is InChI=1S/C17H18ClN7OS/c18-12-4-3-7-14(10-12)25-17(21-22-23-25)27-11-16(26)20-15-8-9-19-24(15)13-5-1-2-6-13/h3-4,7-10,13H,1-2,5-6,11H2,(H,20,26). The summed E-state index contributed by atoms with van der Waals surface area (Å²) in [6, 6.07) is 9.43. The molecule has 0 unspecified atom stereocenters. The van der Waals surface area contributed by atoms with Crippen molar-refractivity contribution in [3.63, 3.8) is 0 Å². The first kappa shape index (κ1) is 18.0. The highest BCUT2D eigenvalue weighted by atomic mass is 35.5. The number of hydrogen-bond donors (Lipinski definition) is 1. The zero-order chi connectivity index (χ0) is 18.6. The van der Waals surface area contributed by atoms with E-state index in [0.29, 0.717) is 16.2 Å². The number of hydrogen-bond acceptors (Lipinski definition) is 6. The highest BCUT2D eigenvalue weighted by Gasteiger charge is 2.20. The molecule has 1 aliphatic rings. The van der Waals surface area contributed by atoms with Crippen molar-refractivity contribution < 1.29 is 4.79 Å². The lowest BCUT2D eigenvalue weighted by Crippen LogP contribution is -2.19. The Morgan fingerprint density at radius 2 is 2.15 bits per heavy atom. The van der Waals surface area contributed by atoms with Gasteiger partial charge in [-0.15, -0.1) is 5.10 Å². The number of benzene rings is 1. The molecule has 2 heterocycles. The topological polar surface area (TPSA) is 90.5 Å². The van der Waals surface area contributed by atoms with Crippen molar-refractivity contribution in [2.45, 2.75) is 36.9 Å². The predicted octanol–water partition coefficient (Wildman–Crippen LogP) is 3.36. The number of anilines is 1. The zero-order valence-corrected chi connectivity index (χ0v) is 16.0. The zero-order valence-electron chi connectivity index (χ0n) is 14.5. The molecule has 1 N–H and O–H groups in total. The minimum atomic E-state index is -0.125. The third-order valence-electron chi connectivity index (χ3n) is 4.43. The van der Waals surface area contributed by atoms with Crippen LogP contribution in [0, 0.1) is 0 Å². The van der Waals surface area contributed by atoms with Gasteiger partial charge in [0.15, 0.2) is 0 Å². The molecule has 2 aromatic heterocycles. The summed E-state index contributed by atoms with van der Waals surface area (Å²) in [5.41, 5.74) is 0.745. The van der Waals surface area contributed by atoms with Crippen LogP contribution in [0.15, 0.2) is 41.7 Å². The van der Waals surface area contributed by atoms with Gasteiger partial charge in [-0.1, -0.05) is 42.3 Å². The summed E-state index contributed by atoms with van der Waals surface area (Å²) in [6.07, 6.45) is 6.35. The molecular formula is C17H18ClN7OS. The number of halogens is 1. The molecule has 1 amide bonds. The molecule has 8 nitrogen and oxygen atoms in total. The van der Waals surface area contributed by atoms with Gasteiger partial charge in [0.05, 0.1) is 23.7 Å². The van der Waals surface area contributed by atoms with Crippen molar-refractivity contribution >= 4 is 35.1 Å². The number of carbonyl (C=O) groups is 1. The molecule has 1 aliphatic carbocycles. The van der Waals surface area contributed by atoms with Crippen LogP contribution in [0.2, 0.25) is 5.02 Å². The van der Waals surface area contributed by atoms with E-state index in [2.05, 4.69) is 25.9 Å². The number of carbonyl (C=O) groups excluding carboxylic acids is 1. The highest BCUT2D eigenvalue weighted by Crippen LogP contribution is 2.31. The Balaban J connectivity index is 1.40. The maximum Gasteiger partial charge on any atom is 0.235 e. The van der Waals surface area contributed by atoms with E-state index in [1.807, 2.05) is 22.9 Å². The van der Waals surface area contributed by atoms with Crippen LogP contribution in [-0.2, 0) is 4.79 Å². The molecule has 0 atom stereocenters. The Morgan fingerprint density at radius 3 is 2.96 bits per heavy atom. The largest absolute Gasteiger partial charge is 0.310 e. The molecule has 1 fully saturated rings. The van der Waals surface area contributed by atoms with E-state index in [1.54, 1.807) is 23.0 Å². The second kappa shape index (κ2) is 8.10. The van der Waals surface area contributed by atoms with Crippen LogP contribution in [0.5, 0.6) is 0 Å². The van der Waals surface area contributed by atoms with Gasteiger partial charge in [-0.2, -0.15) is 9.78 Å². The number of thioether (sulfide) groups is 1. The fourth-order valence-corrected chi connectivity index (χ4v) is 4.08. The maximum absolute atomic E-state index is 12.4. The normalized spacial score (nSPS) is 14.6. The third-order valence-corrected chi connectivity index (χ3v) is 5.59. The molecule has 0 aliphatic heterocycles. The lowest BCUT2D eigenvalue weighted by molar-refractivity contribution is -0.113. The summed E-state index contributed by atoms with van der Waals surface area (Å²) in [4.78, 5) is 12.4. The third kappa shape index (κ3) is 4.14. The van der Waals surface area contributed by atoms with Crippen molar-refractivity contribution in [3.05, 3.63) is 41.6 Å². The van der Waals surface area contributed by atoms with Gasteiger partial charge in [0.25, 0.3) is 0 Å². The summed E-state index contributed by atoms with van der Waals surface area (Å²) >= 11 is 7.29. The molecule has 27 heavy (non-hydrogen) atoms. The van der Waals surface area contributed by atoms with E-state index in [0.717, 1.165) is 24.3 Å². The van der Waals surface area contributed by atoms with Crippen molar-refractivity contribution in [2.24, 2.45) is 0 Å². The minimum Gasteiger partial charge on any atom is -0.310 e. The van der Waals surface area contributed by atoms with Crippen molar-refractivity contribution in [1.29, 1.82) is 0 Å². The fraction of sp³-hybridized carbons (Fsp3) is 0.353. The fourth-order valence-electron chi connectivity index (χ4n) is 3.20. The van der Waals surface area contributed by atoms with Crippen molar-refractivity contribution in [2.75, 3.05) is 11.1 Å². The van der Waals surface area contributed by atoms with Gasteiger partial charge >= 0.3 is 0 Å². The maximum atomic E-state index is 12.4. The number of tetrazole rings is 1. The lowest BCUT2D eigenvalue weighted by atomic mass is 10.2. The van der Waals surface area contributed by atoms with Gasteiger partial charge in [0.1, 0.15) is 5.82 Å². The van der Waals surface area contributed by atoms with Gasteiger partial charge in [-0.3, -0.25) is 4.79 Å². The number of nitrogens with zero attached hydrogens (tertiary/aromatic N) is 6. The summed E-state index contributed by atoms with van der Waals surface area (Å²) in [6.45, 7) is 0. The van der Waals surface area contributed by atoms with Gasteiger partial charge < -0.3 is 5.32 Å². The van der Waals surface area contributed by atoms with E-state index in [4.69, 9.17) is 11.6 Å². The first-order valence-corrected chi connectivity index (χ1v) is 10.1. The molecule has 140 valence electrons. The Morgan fingerprint density at radius 1 is 1.30 bits per heavy atom. The summed E-state index contributed by atoms with van der Waals surface area (Å²) in [5, 5.41) is 20.1. The van der Waals surface area contributed by atoms with Gasteiger partial charge in [-0.25, -0.2) is 4.68 Å². The summed E-state index contributed by atoms with van der Waals surface area (Å²) in [7, 11) is 0. The molecule has 3 aromatic rings. The van der Waals surface area contributed by atoms with E-state index < -0.39 is 0 Å². The second-order valence-corrected chi connectivity index (χ2v) is 7.67. The van der Waals surface area contributed by atoms with E-state index in [-0.39, 0.29) is 11.7 Å². The Kier molecular flexibility index (Phi) is 5.40. The van der Waals surface area contributed by atoms with Gasteiger partial charge in [0.2, 0.25) is 11.1 Å². The van der Waals surface area contributed by atoms with Crippen LogP contribution >= 0.6 is 23.4 Å². The van der Waals surface area contributed by atoms with Crippen molar-refractivity contribution in [1.82, 2.24) is 30.0 Å². The molecule has 0 saturated heterocycles. The van der Waals surface area contributed by atoms with Crippen molar-refractivity contribution in [3.8, 4) is 5.69 Å². The first-order chi connectivity index (χ1) is 13.2. The lowest BCUT2D eigenvalue weighted by Gasteiger charge is -2.14. The highest BCUT2D eigenvalue weighted by molar-refractivity contribution is 7.99. The quantitative estimate of drug-likeness (QED) is 0.634. The summed E-state index contributed by atoms with van der Waals surface area (Å²) in [5.74, 6) is 0.805. The average Bonchev–Trinajstić information content (AvgIpc) is 3.41. The first-order valence-electron chi connectivity index (χ1n) is 8.71. The van der Waals surface area contributed by atoms with Gasteiger partial charge in [-0.05, 0) is 41.5 Å². The van der Waals surface area contributed by atoms with E-state index in [9.17, 15) is 4.79 Å². The average molecular weight is 404 g/mol. The van der Waals surface area contributed by atoms with Crippen LogP contribution in [-0.4, -0.2) is 41.6 Å². The predicted molar refractivity (Wildman–Crippen MR) is 103 cm³/mol. The molecule has 0 bridgehead atoms. The number of nitrogens with one attached hydrogen (secondary N) is 1. The van der Waals surface area contributed by atoms with Crippen LogP contribution in [0.1, 0.15) is 31.7 Å². The number of aromatic nitrogens is 6. The molecule has 1 saturated carbocycles. The smallest absolute Gasteiger partial charge is 0.235 e. The summed E-state index contributed by atoms with van der Waals surface area (Å²) < 4.78 is 3.48. The Labute approximate surface area is 165 Å². The molecular weight excluding hydrogens is 386 g/mol. The van der Waals surface area contributed by atoms with Crippen LogP contribution in [0.3, 0.4) is 0 Å². The number of rotatable bonds is 6. The van der Waals surface area contributed by atoms with E-state index >= 15 is 0 Å². The Hall–Kier alpha value is -2.39. The second-order valence-electron chi connectivity index (χ2n) is 6.29. The molecule has 1 aromatic carbocycles. The van der Waals surface area contributed by atoms with Crippen LogP contribution in [0.4, 0.5) is 5.82 Å². The minimum absolute atomic E-state index is 0.125. The molecule has 4 rings (SSSR count). The Bertz CT molecular complexity index is 935. The molecule has 0 radical (unpaired) electrons. The SMILES string of the molecule is O=C(CSc1nnnn1-c1cccc(Cl)c1)Nc1ccnn1C1CCCC1. The van der Waals surface area contributed by atoms with E-state index in [1.165, 1.54) is 24.6 Å².